The summed E-state index contributed by atoms with van der Waals surface area (Å²) < 4.78 is 0. The Balaban J connectivity index is 0.000000219. The maximum atomic E-state index is 10.1. The highest BCUT2D eigenvalue weighted by Crippen LogP contribution is 2.24. The van der Waals surface area contributed by atoms with Crippen LogP contribution in [0.5, 0.6) is 5.75 Å². The SMILES string of the molecule is NOc1ccccc1.OC(c1ccc(Cl)cc1)c1ccc(Cl)cc1. The van der Waals surface area contributed by atoms with Gasteiger partial charge in [-0.25, -0.2) is 0 Å². The third-order valence-corrected chi connectivity index (χ3v) is 3.75. The molecule has 0 saturated carbocycles. The number of halogens is 2. The Hall–Kier alpha value is -2.04. The van der Waals surface area contributed by atoms with Crippen molar-refractivity contribution in [1.82, 2.24) is 0 Å². The predicted octanol–water partition coefficient (Wildman–Crippen LogP) is 5.01. The van der Waals surface area contributed by atoms with Crippen LogP contribution in [0.4, 0.5) is 0 Å². The summed E-state index contributed by atoms with van der Waals surface area (Å²) in [6.07, 6.45) is -0.644. The van der Waals surface area contributed by atoms with Gasteiger partial charge in [0.2, 0.25) is 0 Å². The lowest BCUT2D eigenvalue weighted by atomic mass is 10.0. The van der Waals surface area contributed by atoms with E-state index >= 15 is 0 Å². The van der Waals surface area contributed by atoms with Gasteiger partial charge in [0.15, 0.2) is 0 Å². The van der Waals surface area contributed by atoms with E-state index in [1.165, 1.54) is 0 Å². The average Bonchev–Trinajstić information content (AvgIpc) is 2.64. The third kappa shape index (κ3) is 5.55. The van der Waals surface area contributed by atoms with Crippen molar-refractivity contribution >= 4 is 23.2 Å². The van der Waals surface area contributed by atoms with Crippen LogP contribution in [0, 0.1) is 0 Å². The summed E-state index contributed by atoms with van der Waals surface area (Å²) in [5.41, 5.74) is 1.62. The molecule has 0 atom stereocenters. The van der Waals surface area contributed by atoms with Gasteiger partial charge in [-0.15, -0.1) is 0 Å². The normalized spacial score (nSPS) is 10.0. The number of hydrogen-bond acceptors (Lipinski definition) is 3. The second kappa shape index (κ2) is 9.30. The minimum absolute atomic E-state index is 0.644. The van der Waals surface area contributed by atoms with Crippen LogP contribution in [0.1, 0.15) is 17.2 Å². The molecule has 24 heavy (non-hydrogen) atoms. The molecule has 0 aliphatic heterocycles. The molecule has 5 heteroatoms. The van der Waals surface area contributed by atoms with Crippen molar-refractivity contribution in [2.75, 3.05) is 0 Å². The van der Waals surface area contributed by atoms with Crippen LogP contribution in [0.3, 0.4) is 0 Å². The van der Waals surface area contributed by atoms with Crippen molar-refractivity contribution in [3.63, 3.8) is 0 Å². The molecular weight excluding hydrogens is 345 g/mol. The molecule has 0 aromatic heterocycles. The van der Waals surface area contributed by atoms with Crippen LogP contribution >= 0.6 is 23.2 Å². The first-order valence-corrected chi connectivity index (χ1v) is 7.96. The van der Waals surface area contributed by atoms with E-state index in [0.29, 0.717) is 15.8 Å². The third-order valence-electron chi connectivity index (χ3n) is 3.25. The summed E-state index contributed by atoms with van der Waals surface area (Å²) in [6.45, 7) is 0. The van der Waals surface area contributed by atoms with Crippen LogP contribution in [0.25, 0.3) is 0 Å². The smallest absolute Gasteiger partial charge is 0.146 e. The lowest BCUT2D eigenvalue weighted by Gasteiger charge is -2.11. The number of aliphatic hydroxyl groups is 1. The molecule has 0 bridgehead atoms. The summed E-state index contributed by atoms with van der Waals surface area (Å²) in [4.78, 5) is 4.41. The van der Waals surface area contributed by atoms with Crippen molar-refractivity contribution in [2.45, 2.75) is 6.10 Å². The van der Waals surface area contributed by atoms with Gasteiger partial charge in [-0.2, -0.15) is 5.90 Å². The van der Waals surface area contributed by atoms with Gasteiger partial charge in [0.05, 0.1) is 0 Å². The molecule has 0 heterocycles. The zero-order valence-electron chi connectivity index (χ0n) is 12.8. The number of benzene rings is 3. The van der Waals surface area contributed by atoms with Crippen LogP contribution < -0.4 is 10.7 Å². The summed E-state index contributed by atoms with van der Waals surface area (Å²) in [7, 11) is 0. The second-order valence-corrected chi connectivity index (χ2v) is 5.81. The molecule has 0 aliphatic carbocycles. The van der Waals surface area contributed by atoms with E-state index in [1.807, 2.05) is 42.5 Å². The molecule has 3 aromatic rings. The fourth-order valence-electron chi connectivity index (χ4n) is 1.98. The highest BCUT2D eigenvalue weighted by atomic mass is 35.5. The van der Waals surface area contributed by atoms with Gasteiger partial charge in [0.25, 0.3) is 0 Å². The van der Waals surface area contributed by atoms with Gasteiger partial charge in [-0.1, -0.05) is 65.7 Å². The Kier molecular flexibility index (Phi) is 7.09. The molecule has 0 fully saturated rings. The molecule has 3 nitrogen and oxygen atoms in total. The van der Waals surface area contributed by atoms with Crippen molar-refractivity contribution in [1.29, 1.82) is 0 Å². The maximum absolute atomic E-state index is 10.1. The standard InChI is InChI=1S/C13H10Cl2O.C6H7NO/c14-11-5-1-9(2-6-11)13(16)10-3-7-12(15)8-4-10;7-8-6-4-2-1-3-5-6/h1-8,13,16H;1-5H,7H2. The van der Waals surface area contributed by atoms with E-state index in [4.69, 9.17) is 29.1 Å². The monoisotopic (exact) mass is 361 g/mol. The van der Waals surface area contributed by atoms with Gasteiger partial charge in [0, 0.05) is 10.0 Å². The molecule has 0 radical (unpaired) electrons. The van der Waals surface area contributed by atoms with E-state index in [1.54, 1.807) is 36.4 Å². The Labute approximate surface area is 151 Å². The van der Waals surface area contributed by atoms with E-state index in [-0.39, 0.29) is 0 Å². The first-order valence-electron chi connectivity index (χ1n) is 7.21. The molecule has 124 valence electrons. The first kappa shape index (κ1) is 18.3. The number of aliphatic hydroxyl groups excluding tert-OH is 1. The summed E-state index contributed by atoms with van der Waals surface area (Å²) in [5.74, 6) is 5.54. The minimum atomic E-state index is -0.644. The average molecular weight is 362 g/mol. The van der Waals surface area contributed by atoms with Crippen molar-refractivity contribution in [2.24, 2.45) is 5.90 Å². The Bertz CT molecular complexity index is 686. The molecule has 0 saturated heterocycles. The summed E-state index contributed by atoms with van der Waals surface area (Å²) in [5, 5.41) is 11.4. The second-order valence-electron chi connectivity index (χ2n) is 4.94. The van der Waals surface area contributed by atoms with Crippen LogP contribution in [0.2, 0.25) is 10.0 Å². The molecular formula is C19H17Cl2NO2. The van der Waals surface area contributed by atoms with Crippen LogP contribution in [-0.2, 0) is 0 Å². The maximum Gasteiger partial charge on any atom is 0.146 e. The fourth-order valence-corrected chi connectivity index (χ4v) is 2.23. The minimum Gasteiger partial charge on any atom is -0.412 e. The Morgan fingerprint density at radius 2 is 1.12 bits per heavy atom. The molecule has 0 aliphatic rings. The topological polar surface area (TPSA) is 55.5 Å². The van der Waals surface area contributed by atoms with Crippen molar-refractivity contribution in [3.8, 4) is 5.75 Å². The Morgan fingerprint density at radius 1 is 0.708 bits per heavy atom. The summed E-state index contributed by atoms with van der Waals surface area (Å²) in [6, 6.07) is 23.5. The first-order chi connectivity index (χ1) is 11.6. The zero-order valence-corrected chi connectivity index (χ0v) is 14.3. The molecule has 0 unspecified atom stereocenters. The summed E-state index contributed by atoms with van der Waals surface area (Å²) >= 11 is 11.6. The zero-order chi connectivity index (χ0) is 17.4. The van der Waals surface area contributed by atoms with Crippen LogP contribution in [0.15, 0.2) is 78.9 Å². The van der Waals surface area contributed by atoms with Gasteiger partial charge < -0.3 is 9.94 Å². The molecule has 3 rings (SSSR count). The highest BCUT2D eigenvalue weighted by Gasteiger charge is 2.09. The van der Waals surface area contributed by atoms with Gasteiger partial charge in [-0.3, -0.25) is 0 Å². The Morgan fingerprint density at radius 3 is 1.46 bits per heavy atom. The number of rotatable bonds is 3. The lowest BCUT2D eigenvalue weighted by Crippen LogP contribution is -2.00. The van der Waals surface area contributed by atoms with E-state index in [0.717, 1.165) is 11.1 Å². The molecule has 0 amide bonds. The highest BCUT2D eigenvalue weighted by molar-refractivity contribution is 6.30. The number of hydrogen-bond donors (Lipinski definition) is 2. The van der Waals surface area contributed by atoms with Gasteiger partial charge >= 0.3 is 0 Å². The van der Waals surface area contributed by atoms with E-state index in [2.05, 4.69) is 4.84 Å². The van der Waals surface area contributed by atoms with Gasteiger partial charge in [0.1, 0.15) is 11.9 Å². The van der Waals surface area contributed by atoms with Crippen molar-refractivity contribution in [3.05, 3.63) is 100 Å². The quantitative estimate of drug-likeness (QED) is 0.644. The number of nitrogens with two attached hydrogens (primary N) is 1. The van der Waals surface area contributed by atoms with Crippen molar-refractivity contribution < 1.29 is 9.94 Å². The largest absolute Gasteiger partial charge is 0.412 e. The van der Waals surface area contributed by atoms with E-state index in [9.17, 15) is 5.11 Å². The van der Waals surface area contributed by atoms with Gasteiger partial charge in [-0.05, 0) is 47.5 Å². The van der Waals surface area contributed by atoms with Crippen LogP contribution in [-0.4, -0.2) is 5.11 Å². The molecule has 3 N–H and O–H groups in total. The molecule has 3 aromatic carbocycles. The number of para-hydroxylation sites is 1. The molecule has 0 spiro atoms. The van der Waals surface area contributed by atoms with E-state index < -0.39 is 6.10 Å². The lowest BCUT2D eigenvalue weighted by molar-refractivity contribution is 0.220. The fraction of sp³-hybridized carbons (Fsp3) is 0.0526. The predicted molar refractivity (Wildman–Crippen MR) is 98.2 cm³/mol.